The molecule has 114 valence electrons. The number of carbonyl (C=O) groups is 2. The van der Waals surface area contributed by atoms with Crippen molar-refractivity contribution in [2.45, 2.75) is 13.3 Å². The van der Waals surface area contributed by atoms with Gasteiger partial charge in [0.2, 0.25) is 11.8 Å². The Labute approximate surface area is 130 Å². The number of para-hydroxylation sites is 1. The fraction of sp³-hybridized carbons (Fsp3) is 0.222. The Kier molecular flexibility index (Phi) is 5.31. The zero-order valence-corrected chi connectivity index (χ0v) is 12.9. The molecule has 4 heteroatoms. The standard InChI is InChI=1S/C18H20N2O2/c1-14-7-6-8-15(11-14)12-17(21)19-13-18(22)20(2)16-9-4-3-5-10-16/h3-11H,12-13H2,1-2H3,(H,19,21). The highest BCUT2D eigenvalue weighted by Gasteiger charge is 2.12. The third-order valence-electron chi connectivity index (χ3n) is 3.40. The number of hydrogen-bond acceptors (Lipinski definition) is 2. The zero-order chi connectivity index (χ0) is 15.9. The van der Waals surface area contributed by atoms with E-state index < -0.39 is 0 Å². The Bertz CT molecular complexity index is 653. The molecular weight excluding hydrogens is 276 g/mol. The number of carbonyl (C=O) groups excluding carboxylic acids is 2. The number of amides is 2. The molecule has 0 aromatic heterocycles. The van der Waals surface area contributed by atoms with Crippen molar-refractivity contribution in [3.8, 4) is 0 Å². The number of anilines is 1. The normalized spacial score (nSPS) is 10.1. The monoisotopic (exact) mass is 296 g/mol. The van der Waals surface area contributed by atoms with Crippen LogP contribution in [0.25, 0.3) is 0 Å². The van der Waals surface area contributed by atoms with Gasteiger partial charge in [0, 0.05) is 12.7 Å². The minimum Gasteiger partial charge on any atom is -0.347 e. The van der Waals surface area contributed by atoms with Crippen LogP contribution in [-0.2, 0) is 16.0 Å². The first-order chi connectivity index (χ1) is 10.6. The number of hydrogen-bond donors (Lipinski definition) is 1. The van der Waals surface area contributed by atoms with Gasteiger partial charge in [-0.2, -0.15) is 0 Å². The lowest BCUT2D eigenvalue weighted by Gasteiger charge is -2.17. The van der Waals surface area contributed by atoms with Gasteiger partial charge in [-0.25, -0.2) is 0 Å². The molecule has 0 aliphatic rings. The predicted octanol–water partition coefficient (Wildman–Crippen LogP) is 2.32. The van der Waals surface area contributed by atoms with Crippen LogP contribution in [0.2, 0.25) is 0 Å². The Morgan fingerprint density at radius 1 is 1.05 bits per heavy atom. The lowest BCUT2D eigenvalue weighted by molar-refractivity contribution is -0.124. The second kappa shape index (κ2) is 7.41. The van der Waals surface area contributed by atoms with E-state index in [1.54, 1.807) is 7.05 Å². The number of aryl methyl sites for hydroxylation is 1. The fourth-order valence-electron chi connectivity index (χ4n) is 2.16. The summed E-state index contributed by atoms with van der Waals surface area (Å²) in [5, 5.41) is 2.67. The molecule has 4 nitrogen and oxygen atoms in total. The molecule has 2 aromatic carbocycles. The molecule has 2 rings (SSSR count). The molecule has 0 aliphatic heterocycles. The van der Waals surface area contributed by atoms with Crippen LogP contribution in [0, 0.1) is 6.92 Å². The van der Waals surface area contributed by atoms with Crippen molar-refractivity contribution in [1.82, 2.24) is 5.32 Å². The largest absolute Gasteiger partial charge is 0.347 e. The third kappa shape index (κ3) is 4.45. The van der Waals surface area contributed by atoms with Gasteiger partial charge >= 0.3 is 0 Å². The van der Waals surface area contributed by atoms with Gasteiger partial charge in [0.25, 0.3) is 0 Å². The molecule has 0 atom stereocenters. The summed E-state index contributed by atoms with van der Waals surface area (Å²) >= 11 is 0. The molecule has 0 aliphatic carbocycles. The summed E-state index contributed by atoms with van der Waals surface area (Å²) in [6, 6.07) is 17.1. The molecule has 2 aromatic rings. The van der Waals surface area contributed by atoms with E-state index in [0.717, 1.165) is 16.8 Å². The van der Waals surface area contributed by atoms with Gasteiger partial charge in [-0.05, 0) is 24.6 Å². The first kappa shape index (κ1) is 15.8. The molecule has 0 saturated heterocycles. The average molecular weight is 296 g/mol. The van der Waals surface area contributed by atoms with Crippen LogP contribution < -0.4 is 10.2 Å². The van der Waals surface area contributed by atoms with Crippen molar-refractivity contribution in [3.05, 3.63) is 65.7 Å². The van der Waals surface area contributed by atoms with Crippen LogP contribution in [0.1, 0.15) is 11.1 Å². The quantitative estimate of drug-likeness (QED) is 0.920. The van der Waals surface area contributed by atoms with Crippen molar-refractivity contribution in [2.24, 2.45) is 0 Å². The molecule has 0 unspecified atom stereocenters. The maximum Gasteiger partial charge on any atom is 0.246 e. The third-order valence-corrected chi connectivity index (χ3v) is 3.40. The van der Waals surface area contributed by atoms with Gasteiger partial charge < -0.3 is 10.2 Å². The number of nitrogens with one attached hydrogen (secondary N) is 1. The molecule has 0 radical (unpaired) electrons. The second-order valence-electron chi connectivity index (χ2n) is 5.23. The highest BCUT2D eigenvalue weighted by atomic mass is 16.2. The number of rotatable bonds is 5. The summed E-state index contributed by atoms with van der Waals surface area (Å²) < 4.78 is 0. The van der Waals surface area contributed by atoms with E-state index >= 15 is 0 Å². The van der Waals surface area contributed by atoms with Gasteiger partial charge in [-0.3, -0.25) is 9.59 Å². The number of nitrogens with zero attached hydrogens (tertiary/aromatic N) is 1. The SMILES string of the molecule is Cc1cccc(CC(=O)NCC(=O)N(C)c2ccccc2)c1. The molecule has 0 spiro atoms. The zero-order valence-electron chi connectivity index (χ0n) is 12.9. The minimum atomic E-state index is -0.152. The lowest BCUT2D eigenvalue weighted by Crippen LogP contribution is -2.38. The summed E-state index contributed by atoms with van der Waals surface area (Å²) in [5.41, 5.74) is 2.87. The highest BCUT2D eigenvalue weighted by Crippen LogP contribution is 2.10. The maximum atomic E-state index is 12.1. The van der Waals surface area contributed by atoms with Crippen molar-refractivity contribution < 1.29 is 9.59 Å². The summed E-state index contributed by atoms with van der Waals surface area (Å²) in [6.07, 6.45) is 0.282. The van der Waals surface area contributed by atoms with E-state index in [0.29, 0.717) is 0 Å². The first-order valence-corrected chi connectivity index (χ1v) is 7.20. The van der Waals surface area contributed by atoms with E-state index in [1.807, 2.05) is 61.5 Å². The van der Waals surface area contributed by atoms with E-state index in [-0.39, 0.29) is 24.8 Å². The number of benzene rings is 2. The minimum absolute atomic E-state index is 0.00393. The summed E-state index contributed by atoms with van der Waals surface area (Å²) in [7, 11) is 1.70. The van der Waals surface area contributed by atoms with Crippen LogP contribution in [-0.4, -0.2) is 25.4 Å². The summed E-state index contributed by atoms with van der Waals surface area (Å²) in [6.45, 7) is 1.98. The van der Waals surface area contributed by atoms with Crippen LogP contribution in [0.3, 0.4) is 0 Å². The highest BCUT2D eigenvalue weighted by molar-refractivity contribution is 5.96. The molecule has 22 heavy (non-hydrogen) atoms. The van der Waals surface area contributed by atoms with Gasteiger partial charge in [0.1, 0.15) is 0 Å². The van der Waals surface area contributed by atoms with E-state index in [2.05, 4.69) is 5.32 Å². The van der Waals surface area contributed by atoms with Crippen molar-refractivity contribution >= 4 is 17.5 Å². The van der Waals surface area contributed by atoms with E-state index in [1.165, 1.54) is 4.90 Å². The molecule has 0 fully saturated rings. The van der Waals surface area contributed by atoms with Gasteiger partial charge in [-0.15, -0.1) is 0 Å². The van der Waals surface area contributed by atoms with Crippen LogP contribution >= 0.6 is 0 Å². The van der Waals surface area contributed by atoms with Crippen LogP contribution in [0.5, 0.6) is 0 Å². The van der Waals surface area contributed by atoms with Crippen LogP contribution in [0.4, 0.5) is 5.69 Å². The van der Waals surface area contributed by atoms with E-state index in [9.17, 15) is 9.59 Å². The molecular formula is C18H20N2O2. The fourth-order valence-corrected chi connectivity index (χ4v) is 2.16. The predicted molar refractivity (Wildman–Crippen MR) is 87.7 cm³/mol. The Morgan fingerprint density at radius 3 is 2.45 bits per heavy atom. The van der Waals surface area contributed by atoms with Crippen LogP contribution in [0.15, 0.2) is 54.6 Å². The molecule has 2 amide bonds. The second-order valence-corrected chi connectivity index (χ2v) is 5.23. The summed E-state index contributed by atoms with van der Waals surface area (Å²) in [4.78, 5) is 25.5. The van der Waals surface area contributed by atoms with Gasteiger partial charge in [-0.1, -0.05) is 48.0 Å². The Hall–Kier alpha value is -2.62. The molecule has 0 heterocycles. The number of likely N-dealkylation sites (N-methyl/N-ethyl adjacent to an activating group) is 1. The molecule has 0 saturated carbocycles. The lowest BCUT2D eigenvalue weighted by atomic mass is 10.1. The topological polar surface area (TPSA) is 49.4 Å². The smallest absolute Gasteiger partial charge is 0.246 e. The Morgan fingerprint density at radius 2 is 1.77 bits per heavy atom. The molecule has 1 N–H and O–H groups in total. The van der Waals surface area contributed by atoms with Crippen molar-refractivity contribution in [3.63, 3.8) is 0 Å². The van der Waals surface area contributed by atoms with Gasteiger partial charge in [0.05, 0.1) is 13.0 Å². The van der Waals surface area contributed by atoms with Gasteiger partial charge in [0.15, 0.2) is 0 Å². The first-order valence-electron chi connectivity index (χ1n) is 7.20. The maximum absolute atomic E-state index is 12.1. The Balaban J connectivity index is 1.84. The molecule has 0 bridgehead atoms. The average Bonchev–Trinajstić information content (AvgIpc) is 2.52. The van der Waals surface area contributed by atoms with Crippen molar-refractivity contribution in [2.75, 3.05) is 18.5 Å². The van der Waals surface area contributed by atoms with E-state index in [4.69, 9.17) is 0 Å². The van der Waals surface area contributed by atoms with Crippen molar-refractivity contribution in [1.29, 1.82) is 0 Å². The summed E-state index contributed by atoms with van der Waals surface area (Å²) in [5.74, 6) is -0.302.